The molecule has 0 bridgehead atoms. The summed E-state index contributed by atoms with van der Waals surface area (Å²) in [4.78, 5) is 14.8. The predicted octanol–water partition coefficient (Wildman–Crippen LogP) is 5.62. The molecule has 1 amide bonds. The minimum absolute atomic E-state index is 0.0633. The number of hydrogen-bond donors (Lipinski definition) is 1. The lowest BCUT2D eigenvalue weighted by Crippen LogP contribution is -2.34. The van der Waals surface area contributed by atoms with Gasteiger partial charge in [0.1, 0.15) is 0 Å². The highest BCUT2D eigenvalue weighted by Crippen LogP contribution is 2.30. The Bertz CT molecular complexity index is 712. The summed E-state index contributed by atoms with van der Waals surface area (Å²) in [5, 5.41) is 3.77. The lowest BCUT2D eigenvalue weighted by Gasteiger charge is -2.32. The second kappa shape index (κ2) is 9.40. The van der Waals surface area contributed by atoms with Crippen LogP contribution < -0.4 is 5.32 Å². The molecule has 0 unspecified atom stereocenters. The Balaban J connectivity index is 1.56. The van der Waals surface area contributed by atoms with E-state index in [4.69, 9.17) is 23.2 Å². The number of halogens is 2. The van der Waals surface area contributed by atoms with E-state index in [-0.39, 0.29) is 5.91 Å². The zero-order valence-electron chi connectivity index (χ0n) is 14.8. The number of amides is 1. The Kier molecular flexibility index (Phi) is 6.95. The Hall–Kier alpha value is -1.55. The number of carbonyl (C=O) groups excluding carboxylic acids is 1. The monoisotopic (exact) mass is 390 g/mol. The molecule has 0 aliphatic heterocycles. The minimum atomic E-state index is -0.0633. The van der Waals surface area contributed by atoms with Crippen molar-refractivity contribution in [1.29, 1.82) is 0 Å². The van der Waals surface area contributed by atoms with Crippen molar-refractivity contribution in [2.24, 2.45) is 5.92 Å². The third-order valence-corrected chi connectivity index (χ3v) is 5.50. The molecule has 1 N–H and O–H groups in total. The molecule has 0 spiro atoms. The van der Waals surface area contributed by atoms with Crippen molar-refractivity contribution in [2.45, 2.75) is 32.2 Å². The summed E-state index contributed by atoms with van der Waals surface area (Å²) in [6.45, 7) is 2.64. The van der Waals surface area contributed by atoms with Crippen LogP contribution in [-0.2, 0) is 11.3 Å². The Morgan fingerprint density at radius 2 is 1.73 bits per heavy atom. The third kappa shape index (κ3) is 5.47. The largest absolute Gasteiger partial charge is 0.324 e. The van der Waals surface area contributed by atoms with Crippen LogP contribution in [0, 0.1) is 5.92 Å². The molecule has 2 aromatic rings. The number of anilines is 1. The van der Waals surface area contributed by atoms with Gasteiger partial charge >= 0.3 is 0 Å². The van der Waals surface area contributed by atoms with Crippen LogP contribution in [0.15, 0.2) is 48.5 Å². The summed E-state index contributed by atoms with van der Waals surface area (Å²) in [6.07, 6.45) is 4.34. The summed E-state index contributed by atoms with van der Waals surface area (Å²) in [5.41, 5.74) is 1.77. The van der Waals surface area contributed by atoms with Gasteiger partial charge in [-0.1, -0.05) is 66.0 Å². The van der Waals surface area contributed by atoms with Gasteiger partial charge in [-0.05, 0) is 36.5 Å². The fourth-order valence-electron chi connectivity index (χ4n) is 3.20. The highest BCUT2D eigenvalue weighted by molar-refractivity contribution is 6.39. The SMILES string of the molecule is O=C(CCN(Cc1ccccc1)CC1CCC1)Nc1c(Cl)cccc1Cl. The van der Waals surface area contributed by atoms with Gasteiger partial charge < -0.3 is 5.32 Å². The molecule has 2 aromatic carbocycles. The zero-order valence-corrected chi connectivity index (χ0v) is 16.3. The van der Waals surface area contributed by atoms with Crippen molar-refractivity contribution in [3.8, 4) is 0 Å². The van der Waals surface area contributed by atoms with Crippen LogP contribution in [0.3, 0.4) is 0 Å². The molecule has 1 saturated carbocycles. The predicted molar refractivity (Wildman–Crippen MR) is 109 cm³/mol. The van der Waals surface area contributed by atoms with Crippen molar-refractivity contribution < 1.29 is 4.79 Å². The van der Waals surface area contributed by atoms with Gasteiger partial charge in [0.05, 0.1) is 15.7 Å². The summed E-state index contributed by atoms with van der Waals surface area (Å²) >= 11 is 12.3. The van der Waals surface area contributed by atoms with Crippen LogP contribution in [-0.4, -0.2) is 23.9 Å². The lowest BCUT2D eigenvalue weighted by molar-refractivity contribution is -0.116. The molecule has 5 heteroatoms. The van der Waals surface area contributed by atoms with E-state index in [2.05, 4.69) is 34.5 Å². The number of carbonyl (C=O) groups is 1. The van der Waals surface area contributed by atoms with Crippen molar-refractivity contribution >= 4 is 34.8 Å². The molecular formula is C21H24Cl2N2O. The van der Waals surface area contributed by atoms with Gasteiger partial charge in [0.2, 0.25) is 5.91 Å². The first-order valence-corrected chi connectivity index (χ1v) is 9.87. The fourth-order valence-corrected chi connectivity index (χ4v) is 3.69. The Morgan fingerprint density at radius 3 is 2.35 bits per heavy atom. The number of nitrogens with zero attached hydrogens (tertiary/aromatic N) is 1. The van der Waals surface area contributed by atoms with Gasteiger partial charge in [-0.2, -0.15) is 0 Å². The summed E-state index contributed by atoms with van der Waals surface area (Å²) in [7, 11) is 0. The highest BCUT2D eigenvalue weighted by Gasteiger charge is 2.21. The molecule has 3 rings (SSSR count). The van der Waals surface area contributed by atoms with E-state index >= 15 is 0 Å². The number of rotatable bonds is 8. The maximum absolute atomic E-state index is 12.4. The van der Waals surface area contributed by atoms with Crippen LogP contribution in [0.2, 0.25) is 10.0 Å². The van der Waals surface area contributed by atoms with Gasteiger partial charge in [-0.3, -0.25) is 9.69 Å². The van der Waals surface area contributed by atoms with Gasteiger partial charge in [-0.15, -0.1) is 0 Å². The molecule has 0 radical (unpaired) electrons. The summed E-state index contributed by atoms with van der Waals surface area (Å²) in [6, 6.07) is 15.6. The maximum Gasteiger partial charge on any atom is 0.225 e. The smallest absolute Gasteiger partial charge is 0.225 e. The summed E-state index contributed by atoms with van der Waals surface area (Å²) < 4.78 is 0. The first kappa shape index (κ1) is 19.2. The average molecular weight is 391 g/mol. The first-order valence-electron chi connectivity index (χ1n) is 9.12. The Morgan fingerprint density at radius 1 is 1.04 bits per heavy atom. The quantitative estimate of drug-likeness (QED) is 0.633. The van der Waals surface area contributed by atoms with Crippen LogP contribution in [0.25, 0.3) is 0 Å². The molecule has 1 aliphatic carbocycles. The van der Waals surface area contributed by atoms with E-state index in [1.807, 2.05) is 6.07 Å². The van der Waals surface area contributed by atoms with Crippen molar-refractivity contribution in [3.05, 3.63) is 64.1 Å². The maximum atomic E-state index is 12.4. The molecule has 138 valence electrons. The average Bonchev–Trinajstić information content (AvgIpc) is 2.60. The molecule has 0 saturated heterocycles. The number of benzene rings is 2. The standard InChI is InChI=1S/C21H24Cl2N2O/c22-18-10-5-11-19(23)21(18)24-20(26)12-13-25(15-17-8-4-9-17)14-16-6-2-1-3-7-16/h1-3,5-7,10-11,17H,4,8-9,12-15H2,(H,24,26). The van der Waals surface area contributed by atoms with E-state index < -0.39 is 0 Å². The highest BCUT2D eigenvalue weighted by atomic mass is 35.5. The zero-order chi connectivity index (χ0) is 18.4. The number of para-hydroxylation sites is 1. The molecular weight excluding hydrogens is 367 g/mol. The molecule has 1 aliphatic rings. The van der Waals surface area contributed by atoms with Crippen LogP contribution in [0.4, 0.5) is 5.69 Å². The van der Waals surface area contributed by atoms with Crippen molar-refractivity contribution in [2.75, 3.05) is 18.4 Å². The molecule has 0 aromatic heterocycles. The molecule has 3 nitrogen and oxygen atoms in total. The fraction of sp³-hybridized carbons (Fsp3) is 0.381. The normalized spacial score (nSPS) is 14.3. The van der Waals surface area contributed by atoms with Crippen LogP contribution >= 0.6 is 23.2 Å². The lowest BCUT2D eigenvalue weighted by atomic mass is 9.85. The molecule has 0 atom stereocenters. The third-order valence-electron chi connectivity index (χ3n) is 4.87. The van der Waals surface area contributed by atoms with Gasteiger partial charge in [0, 0.05) is 26.1 Å². The molecule has 0 heterocycles. The second-order valence-corrected chi connectivity index (χ2v) is 7.73. The first-order chi connectivity index (χ1) is 12.6. The van der Waals surface area contributed by atoms with Gasteiger partial charge in [0.15, 0.2) is 0 Å². The van der Waals surface area contributed by atoms with Crippen LogP contribution in [0.1, 0.15) is 31.2 Å². The van der Waals surface area contributed by atoms with E-state index in [9.17, 15) is 4.79 Å². The number of nitrogens with one attached hydrogen (secondary N) is 1. The topological polar surface area (TPSA) is 32.3 Å². The Labute approximate surface area is 165 Å². The van der Waals surface area contributed by atoms with Gasteiger partial charge in [-0.25, -0.2) is 0 Å². The minimum Gasteiger partial charge on any atom is -0.324 e. The summed E-state index contributed by atoms with van der Waals surface area (Å²) in [5.74, 6) is 0.700. The van der Waals surface area contributed by atoms with E-state index in [0.717, 1.165) is 25.6 Å². The van der Waals surface area contributed by atoms with Crippen molar-refractivity contribution in [1.82, 2.24) is 4.90 Å². The van der Waals surface area contributed by atoms with Crippen LogP contribution in [0.5, 0.6) is 0 Å². The molecule has 26 heavy (non-hydrogen) atoms. The molecule has 1 fully saturated rings. The second-order valence-electron chi connectivity index (χ2n) is 6.91. The van der Waals surface area contributed by atoms with E-state index in [0.29, 0.717) is 22.2 Å². The number of hydrogen-bond acceptors (Lipinski definition) is 2. The van der Waals surface area contributed by atoms with E-state index in [1.165, 1.54) is 24.8 Å². The van der Waals surface area contributed by atoms with E-state index in [1.54, 1.807) is 18.2 Å². The van der Waals surface area contributed by atoms with Gasteiger partial charge in [0.25, 0.3) is 0 Å². The van der Waals surface area contributed by atoms with Crippen molar-refractivity contribution in [3.63, 3.8) is 0 Å².